The van der Waals surface area contributed by atoms with Gasteiger partial charge >= 0.3 is 0 Å². The Bertz CT molecular complexity index is 847. The summed E-state index contributed by atoms with van der Waals surface area (Å²) in [7, 11) is 0. The van der Waals surface area contributed by atoms with E-state index in [0.29, 0.717) is 17.4 Å². The maximum Gasteiger partial charge on any atom is 0.248 e. The predicted molar refractivity (Wildman–Crippen MR) is 94.9 cm³/mol. The third-order valence-corrected chi connectivity index (χ3v) is 5.66. The average molecular weight is 337 g/mol. The number of nitrogens with two attached hydrogens (primary N) is 1. The SMILES string of the molecule is CC1Cc2c(c(CC3CC3)nn2-c2ccc(C(N)=O)cc2)C(=O)C1C. The Morgan fingerprint density at radius 2 is 1.92 bits per heavy atom. The molecule has 2 unspecified atom stereocenters. The first kappa shape index (κ1) is 16.1. The maximum absolute atomic E-state index is 12.9. The van der Waals surface area contributed by atoms with Crippen molar-refractivity contribution in [1.29, 1.82) is 0 Å². The Morgan fingerprint density at radius 1 is 1.24 bits per heavy atom. The van der Waals surface area contributed by atoms with Gasteiger partial charge in [0, 0.05) is 11.5 Å². The Kier molecular flexibility index (Phi) is 3.74. The summed E-state index contributed by atoms with van der Waals surface area (Å²) in [6.45, 7) is 4.15. The van der Waals surface area contributed by atoms with Crippen LogP contribution in [-0.4, -0.2) is 21.5 Å². The van der Waals surface area contributed by atoms with Crippen molar-refractivity contribution in [2.75, 3.05) is 0 Å². The molecular formula is C20H23N3O2. The van der Waals surface area contributed by atoms with Crippen molar-refractivity contribution < 1.29 is 9.59 Å². The number of nitrogens with zero attached hydrogens (tertiary/aromatic N) is 2. The molecule has 2 aliphatic carbocycles. The third-order valence-electron chi connectivity index (χ3n) is 5.66. The second-order valence-electron chi connectivity index (χ2n) is 7.57. The van der Waals surface area contributed by atoms with Gasteiger partial charge in [0.25, 0.3) is 0 Å². The number of Topliss-reactive ketones (excluding diaryl/α,β-unsaturated/α-hetero) is 1. The molecule has 4 rings (SSSR count). The molecule has 1 saturated carbocycles. The second-order valence-corrected chi connectivity index (χ2v) is 7.57. The molecular weight excluding hydrogens is 314 g/mol. The molecule has 130 valence electrons. The number of benzene rings is 1. The highest BCUT2D eigenvalue weighted by Gasteiger charge is 2.37. The van der Waals surface area contributed by atoms with Crippen LogP contribution < -0.4 is 5.73 Å². The van der Waals surface area contributed by atoms with Crippen LogP contribution >= 0.6 is 0 Å². The molecule has 0 aliphatic heterocycles. The van der Waals surface area contributed by atoms with Gasteiger partial charge in [-0.05, 0) is 61.8 Å². The zero-order chi connectivity index (χ0) is 17.7. The smallest absolute Gasteiger partial charge is 0.248 e. The predicted octanol–water partition coefficient (Wildman–Crippen LogP) is 2.93. The topological polar surface area (TPSA) is 78.0 Å². The number of rotatable bonds is 4. The van der Waals surface area contributed by atoms with Crippen LogP contribution in [0.2, 0.25) is 0 Å². The number of fused-ring (bicyclic) bond motifs is 1. The fourth-order valence-corrected chi connectivity index (χ4v) is 3.66. The zero-order valence-electron chi connectivity index (χ0n) is 14.7. The molecule has 2 atom stereocenters. The summed E-state index contributed by atoms with van der Waals surface area (Å²) in [4.78, 5) is 24.2. The molecule has 5 heteroatoms. The summed E-state index contributed by atoms with van der Waals surface area (Å²) in [5.74, 6) is 0.798. The van der Waals surface area contributed by atoms with Crippen LogP contribution in [0.4, 0.5) is 0 Å². The van der Waals surface area contributed by atoms with Gasteiger partial charge in [-0.1, -0.05) is 13.8 Å². The van der Waals surface area contributed by atoms with Crippen molar-refractivity contribution >= 4 is 11.7 Å². The van der Waals surface area contributed by atoms with Crippen LogP contribution in [0.15, 0.2) is 24.3 Å². The number of carbonyl (C=O) groups excluding carboxylic acids is 2. The van der Waals surface area contributed by atoms with E-state index in [1.807, 2.05) is 23.7 Å². The summed E-state index contributed by atoms with van der Waals surface area (Å²) in [5, 5.41) is 4.82. The van der Waals surface area contributed by atoms with Gasteiger partial charge in [-0.25, -0.2) is 4.68 Å². The number of amides is 1. The lowest BCUT2D eigenvalue weighted by molar-refractivity contribution is 0.0874. The van der Waals surface area contributed by atoms with E-state index >= 15 is 0 Å². The fraction of sp³-hybridized carbons (Fsp3) is 0.450. The Hall–Kier alpha value is -2.43. The second kappa shape index (κ2) is 5.83. The van der Waals surface area contributed by atoms with E-state index in [2.05, 4.69) is 6.92 Å². The van der Waals surface area contributed by atoms with E-state index in [1.165, 1.54) is 12.8 Å². The molecule has 5 nitrogen and oxygen atoms in total. The van der Waals surface area contributed by atoms with E-state index in [-0.39, 0.29) is 11.7 Å². The molecule has 2 N–H and O–H groups in total. The summed E-state index contributed by atoms with van der Waals surface area (Å²) < 4.78 is 1.90. The number of aromatic nitrogens is 2. The van der Waals surface area contributed by atoms with E-state index < -0.39 is 5.91 Å². The molecule has 0 saturated heterocycles. The number of hydrogen-bond donors (Lipinski definition) is 1. The van der Waals surface area contributed by atoms with Crippen LogP contribution in [0.5, 0.6) is 0 Å². The summed E-state index contributed by atoms with van der Waals surface area (Å²) in [5.41, 5.74) is 9.47. The fourth-order valence-electron chi connectivity index (χ4n) is 3.66. The Morgan fingerprint density at radius 3 is 2.52 bits per heavy atom. The first-order valence-corrected chi connectivity index (χ1v) is 9.01. The van der Waals surface area contributed by atoms with Gasteiger partial charge in [0.2, 0.25) is 5.91 Å². The molecule has 0 bridgehead atoms. The van der Waals surface area contributed by atoms with Crippen LogP contribution in [0.3, 0.4) is 0 Å². The van der Waals surface area contributed by atoms with E-state index in [1.54, 1.807) is 12.1 Å². The summed E-state index contributed by atoms with van der Waals surface area (Å²) >= 11 is 0. The molecule has 1 aromatic heterocycles. The molecule has 0 spiro atoms. The number of ketones is 1. The average Bonchev–Trinajstić information content (AvgIpc) is 3.33. The van der Waals surface area contributed by atoms with Crippen molar-refractivity contribution in [3.05, 3.63) is 46.8 Å². The number of primary amides is 1. The quantitative estimate of drug-likeness (QED) is 0.932. The molecule has 1 amide bonds. The van der Waals surface area contributed by atoms with Gasteiger partial charge in [-0.3, -0.25) is 9.59 Å². The summed E-state index contributed by atoms with van der Waals surface area (Å²) in [6.07, 6.45) is 4.20. The van der Waals surface area contributed by atoms with Crippen LogP contribution in [-0.2, 0) is 12.8 Å². The number of carbonyl (C=O) groups is 2. The van der Waals surface area contributed by atoms with Crippen molar-refractivity contribution in [1.82, 2.24) is 9.78 Å². The van der Waals surface area contributed by atoms with Crippen molar-refractivity contribution in [3.8, 4) is 5.69 Å². The van der Waals surface area contributed by atoms with Gasteiger partial charge in [-0.15, -0.1) is 0 Å². The monoisotopic (exact) mass is 337 g/mol. The lowest BCUT2D eigenvalue weighted by Gasteiger charge is -2.25. The number of hydrogen-bond acceptors (Lipinski definition) is 3. The van der Waals surface area contributed by atoms with E-state index in [9.17, 15) is 9.59 Å². The molecule has 25 heavy (non-hydrogen) atoms. The molecule has 0 radical (unpaired) electrons. The molecule has 1 fully saturated rings. The van der Waals surface area contributed by atoms with Crippen molar-refractivity contribution in [2.45, 2.75) is 39.5 Å². The first-order valence-electron chi connectivity index (χ1n) is 9.01. The minimum absolute atomic E-state index is 0.0420. The van der Waals surface area contributed by atoms with E-state index in [0.717, 1.165) is 35.5 Å². The Labute approximate surface area is 147 Å². The molecule has 1 heterocycles. The van der Waals surface area contributed by atoms with Crippen LogP contribution in [0.25, 0.3) is 5.69 Å². The highest BCUT2D eigenvalue weighted by molar-refractivity contribution is 6.01. The largest absolute Gasteiger partial charge is 0.366 e. The maximum atomic E-state index is 12.9. The third kappa shape index (κ3) is 2.77. The molecule has 2 aliphatic rings. The van der Waals surface area contributed by atoms with Gasteiger partial charge < -0.3 is 5.73 Å². The van der Waals surface area contributed by atoms with E-state index in [4.69, 9.17) is 10.8 Å². The lowest BCUT2D eigenvalue weighted by atomic mass is 9.78. The first-order chi connectivity index (χ1) is 12.0. The highest BCUT2D eigenvalue weighted by atomic mass is 16.1. The molecule has 2 aromatic rings. The van der Waals surface area contributed by atoms with Crippen LogP contribution in [0, 0.1) is 17.8 Å². The van der Waals surface area contributed by atoms with Gasteiger partial charge in [0.1, 0.15) is 0 Å². The van der Waals surface area contributed by atoms with Crippen LogP contribution in [0.1, 0.15) is 58.8 Å². The molecule has 1 aromatic carbocycles. The van der Waals surface area contributed by atoms with Gasteiger partial charge in [-0.2, -0.15) is 5.10 Å². The minimum Gasteiger partial charge on any atom is -0.366 e. The zero-order valence-corrected chi connectivity index (χ0v) is 14.7. The highest BCUT2D eigenvalue weighted by Crippen LogP contribution is 2.38. The minimum atomic E-state index is -0.443. The summed E-state index contributed by atoms with van der Waals surface area (Å²) in [6, 6.07) is 7.12. The van der Waals surface area contributed by atoms with Crippen molar-refractivity contribution in [2.24, 2.45) is 23.5 Å². The Balaban J connectivity index is 1.81. The van der Waals surface area contributed by atoms with Gasteiger partial charge in [0.15, 0.2) is 5.78 Å². The van der Waals surface area contributed by atoms with Crippen molar-refractivity contribution in [3.63, 3.8) is 0 Å². The standard InChI is InChI=1S/C20H23N3O2/c1-11-9-17-18(19(24)12(11)2)16(10-13-3-4-13)22-23(17)15-7-5-14(6-8-15)20(21)25/h5-8,11-13H,3-4,9-10H2,1-2H3,(H2,21,25). The normalized spacial score (nSPS) is 22.7. The lowest BCUT2D eigenvalue weighted by Crippen LogP contribution is -2.28. The van der Waals surface area contributed by atoms with Gasteiger partial charge in [0.05, 0.1) is 22.6 Å².